The second-order valence-electron chi connectivity index (χ2n) is 12.8. The Kier molecular flexibility index (Phi) is 34.1. The van der Waals surface area contributed by atoms with Crippen molar-refractivity contribution in [2.45, 2.75) is 70.6 Å². The summed E-state index contributed by atoms with van der Waals surface area (Å²) in [6.07, 6.45) is 11.1. The Hall–Kier alpha value is -7.91. The summed E-state index contributed by atoms with van der Waals surface area (Å²) < 4.78 is 36.3. The average Bonchev–Trinajstić information content (AvgIpc) is 3.32. The number of benzene rings is 2. The third-order valence-corrected chi connectivity index (χ3v) is 10.0. The van der Waals surface area contributed by atoms with Gasteiger partial charge in [-0.3, -0.25) is 0 Å². The Morgan fingerprint density at radius 3 is 1.52 bits per heavy atom. The van der Waals surface area contributed by atoms with Crippen molar-refractivity contribution < 1.29 is 61.8 Å². The van der Waals surface area contributed by atoms with Gasteiger partial charge < -0.3 is 14.4 Å². The first kappa shape index (κ1) is 58.1. The van der Waals surface area contributed by atoms with E-state index in [0.29, 0.717) is 24.2 Å². The minimum absolute atomic E-state index is 0. The van der Waals surface area contributed by atoms with Gasteiger partial charge in [0.25, 0.3) is 0 Å². The SMILES string of the molecule is C#CC#CC#CC#CC#CC#CC#CC#CC#CC#CC#CC#CC#CC.CCCCC(C=O)(CCCC)CS(=O)(=O)c1ccc(N(C)C)cc1Cc1ccc(OC)cc1.OONOOS.[HH].[HH].[HH].[HH].[HH].[HH].[HH].[HH].[HH].[HH].[HH].[HH].[HH].[HH].[HH].[HH].[HH]. The fourth-order valence-corrected chi connectivity index (χ4v) is 7.07. The number of carbonyl (C=O) groups excluding carboxylic acids is 1. The van der Waals surface area contributed by atoms with Crippen molar-refractivity contribution in [3.8, 4) is 160 Å². The van der Waals surface area contributed by atoms with Gasteiger partial charge >= 0.3 is 0 Å². The number of rotatable bonds is 17. The highest BCUT2D eigenvalue weighted by Gasteiger charge is 2.36. The van der Waals surface area contributed by atoms with Gasteiger partial charge in [0.2, 0.25) is 0 Å². The van der Waals surface area contributed by atoms with E-state index < -0.39 is 15.3 Å². The number of unbranched alkanes of at least 4 members (excludes halogenated alkanes) is 2. The molecule has 0 saturated carbocycles. The predicted octanol–water partition coefficient (Wildman–Crippen LogP) is 10.2. The Balaban J connectivity index is -0.0000000491. The summed E-state index contributed by atoms with van der Waals surface area (Å²) >= 11 is 3.08. The molecule has 66 heavy (non-hydrogen) atoms. The van der Waals surface area contributed by atoms with E-state index in [4.69, 9.17) is 16.4 Å². The average molecular weight is 949 g/mol. The largest absolute Gasteiger partial charge is 0.497 e. The molecular formula is C54H80N2O8S2. The molecule has 0 fully saturated rings. The molecule has 0 spiro atoms. The van der Waals surface area contributed by atoms with Crippen molar-refractivity contribution in [3.05, 3.63) is 53.6 Å². The summed E-state index contributed by atoms with van der Waals surface area (Å²) in [6, 6.07) is 13.2. The zero-order chi connectivity index (χ0) is 49.0. The highest BCUT2D eigenvalue weighted by atomic mass is 32.2. The number of hydrogen-bond acceptors (Lipinski definition) is 11. The summed E-state index contributed by atoms with van der Waals surface area (Å²) in [6.45, 7) is 5.83. The maximum Gasteiger partial charge on any atom is 0.179 e. The first-order valence-corrected chi connectivity index (χ1v) is 21.6. The molecule has 2 rings (SSSR count). The van der Waals surface area contributed by atoms with E-state index in [1.54, 1.807) is 20.1 Å². The van der Waals surface area contributed by atoms with Crippen molar-refractivity contribution in [2.75, 3.05) is 31.9 Å². The quantitative estimate of drug-likeness (QED) is 0.0269. The number of nitrogens with one attached hydrogen (secondary N) is 1. The lowest BCUT2D eigenvalue weighted by molar-refractivity contribution is -0.437. The second kappa shape index (κ2) is 38.7. The number of thiol groups is 1. The second-order valence-corrected chi connectivity index (χ2v) is 14.9. The molecule has 0 aliphatic rings. The van der Waals surface area contributed by atoms with Crippen molar-refractivity contribution in [1.82, 2.24) is 5.64 Å². The van der Waals surface area contributed by atoms with Crippen LogP contribution in [0.5, 0.6) is 5.75 Å². The predicted molar refractivity (Wildman–Crippen MR) is 298 cm³/mol. The minimum atomic E-state index is -3.67. The maximum absolute atomic E-state index is 13.7. The monoisotopic (exact) mass is 949 g/mol. The molecule has 0 aromatic heterocycles. The molecule has 2 N–H and O–H groups in total. The Morgan fingerprint density at radius 2 is 1.18 bits per heavy atom. The fourth-order valence-electron chi connectivity index (χ4n) is 4.97. The number of terminal acetylenes is 1. The van der Waals surface area contributed by atoms with Crippen LogP contribution in [-0.2, 0) is 35.4 Å². The number of hydrogen-bond donors (Lipinski definition) is 3. The molecule has 0 heterocycles. The molecule has 10 nitrogen and oxygen atoms in total. The van der Waals surface area contributed by atoms with Crippen molar-refractivity contribution in [3.63, 3.8) is 0 Å². The van der Waals surface area contributed by atoms with E-state index in [1.807, 2.05) is 55.4 Å². The van der Waals surface area contributed by atoms with Crippen LogP contribution in [0.25, 0.3) is 0 Å². The van der Waals surface area contributed by atoms with Gasteiger partial charge in [-0.25, -0.2) is 13.7 Å². The van der Waals surface area contributed by atoms with E-state index in [9.17, 15) is 13.2 Å². The van der Waals surface area contributed by atoms with Crippen LogP contribution in [-0.4, -0.2) is 46.9 Å². The first-order chi connectivity index (χ1) is 32.0. The molecule has 0 aliphatic heterocycles. The number of sulfone groups is 1. The molecule has 0 unspecified atom stereocenters. The van der Waals surface area contributed by atoms with Crippen LogP contribution < -0.4 is 15.3 Å². The van der Waals surface area contributed by atoms with Crippen LogP contribution in [0.1, 0.15) is 94.7 Å². The number of nitrogens with zero attached hydrogens (tertiary/aromatic N) is 1. The van der Waals surface area contributed by atoms with Crippen LogP contribution in [0, 0.1) is 160 Å². The summed E-state index contributed by atoms with van der Waals surface area (Å²) in [4.78, 5) is 21.3. The number of methoxy groups -OCH3 is 1. The van der Waals surface area contributed by atoms with E-state index in [1.165, 1.54) is 5.64 Å². The third kappa shape index (κ3) is 28.6. The topological polar surface area (TPSA) is 124 Å². The molecule has 0 amide bonds. The Labute approximate surface area is 423 Å². The van der Waals surface area contributed by atoms with Gasteiger partial charge in [0.05, 0.1) is 17.8 Å². The molecule has 0 bridgehead atoms. The van der Waals surface area contributed by atoms with Gasteiger partial charge in [-0.2, -0.15) is 0 Å². The molecule has 2 aromatic rings. The number of ether oxygens (including phenoxy) is 1. The van der Waals surface area contributed by atoms with Gasteiger partial charge in [-0.15, -0.1) is 20.7 Å². The van der Waals surface area contributed by atoms with E-state index in [2.05, 4.69) is 189 Å². The zero-order valence-corrected chi connectivity index (χ0v) is 39.2. The summed E-state index contributed by atoms with van der Waals surface area (Å²) in [7, 11) is 1.83. The highest BCUT2D eigenvalue weighted by molar-refractivity contribution is 7.91. The molecular weight excluding hydrogens is 869 g/mol. The Morgan fingerprint density at radius 1 is 0.742 bits per heavy atom. The molecule has 12 heteroatoms. The Bertz CT molecular complexity index is 2910. The molecule has 0 aliphatic carbocycles. The molecule has 0 saturated heterocycles. The third-order valence-electron chi connectivity index (χ3n) is 7.91. The lowest BCUT2D eigenvalue weighted by Crippen LogP contribution is -2.32. The van der Waals surface area contributed by atoms with Crippen LogP contribution in [0.4, 0.5) is 5.69 Å². The summed E-state index contributed by atoms with van der Waals surface area (Å²) in [5.41, 5.74) is 3.31. The van der Waals surface area contributed by atoms with Gasteiger partial charge in [-0.1, -0.05) is 57.6 Å². The molecule has 366 valence electrons. The smallest absolute Gasteiger partial charge is 0.179 e. The number of aldehydes is 1. The lowest BCUT2D eigenvalue weighted by Gasteiger charge is -2.28. The normalized spacial score (nSPS) is 8.35. The number of anilines is 1. The van der Waals surface area contributed by atoms with Crippen LogP contribution >= 0.6 is 12.9 Å². The van der Waals surface area contributed by atoms with Crippen molar-refractivity contribution in [1.29, 1.82) is 0 Å². The van der Waals surface area contributed by atoms with Crippen LogP contribution in [0.3, 0.4) is 0 Å². The first-order valence-electron chi connectivity index (χ1n) is 19.6. The van der Waals surface area contributed by atoms with Gasteiger partial charge in [0, 0.05) is 110 Å². The van der Waals surface area contributed by atoms with Gasteiger partial charge in [0.15, 0.2) is 9.84 Å². The standard InChI is InChI=1S/C27H39NO4S.C27H4.H3NO4S.17H2/c1-6-8-16-27(20-29,17-9-7-2)21-33(30,31)26-15-12-24(28(3)4)19-23(26)18-22-10-13-25(32-5)14-11-22;1-3-5-7-9-11-13-15-17-19-21-23-25-27-26-24-22-20-18-16-14-12-10-8-6-4-2;2-3-1-4-5-6;;;;;;;;;;;;;;;;;/h10-15,19-20H,6-9,16-18,21H2,1-5H3;1H,2H3;1-2,6H;17*1H. The van der Waals surface area contributed by atoms with Gasteiger partial charge in [0.1, 0.15) is 12.0 Å². The van der Waals surface area contributed by atoms with Crippen LogP contribution in [0.2, 0.25) is 0 Å². The maximum atomic E-state index is 13.7. The van der Waals surface area contributed by atoms with E-state index >= 15 is 0 Å². The molecule has 2 aromatic carbocycles. The van der Waals surface area contributed by atoms with Crippen LogP contribution in [0.15, 0.2) is 47.4 Å². The molecule has 0 atom stereocenters. The number of carbonyl (C=O) groups is 1. The van der Waals surface area contributed by atoms with E-state index in [-0.39, 0.29) is 30.0 Å². The highest BCUT2D eigenvalue weighted by Crippen LogP contribution is 2.35. The van der Waals surface area contributed by atoms with Crippen molar-refractivity contribution in [2.24, 2.45) is 5.41 Å². The molecule has 0 radical (unpaired) electrons. The fraction of sp³-hybridized carbons (Fsp3) is 0.278. The zero-order valence-electron chi connectivity index (χ0n) is 37.5. The summed E-state index contributed by atoms with van der Waals surface area (Å²) in [5, 5.41) is 7.35. The van der Waals surface area contributed by atoms with Crippen molar-refractivity contribution >= 4 is 34.7 Å². The summed E-state index contributed by atoms with van der Waals surface area (Å²) in [5.74, 6) is 62.5. The lowest BCUT2D eigenvalue weighted by atomic mass is 9.81. The van der Waals surface area contributed by atoms with Gasteiger partial charge in [-0.05, 0) is 168 Å². The van der Waals surface area contributed by atoms with E-state index in [0.717, 1.165) is 54.5 Å². The minimum Gasteiger partial charge on any atom is -0.497 e.